The molecule has 2 aliphatic rings. The van der Waals surface area contributed by atoms with Crippen molar-refractivity contribution in [2.24, 2.45) is 5.92 Å². The molecule has 0 amide bonds. The van der Waals surface area contributed by atoms with Crippen LogP contribution in [0.5, 0.6) is 0 Å². The smallest absolute Gasteiger partial charge is 0.0223 e. The van der Waals surface area contributed by atoms with Crippen LogP contribution in [0.2, 0.25) is 0 Å². The van der Waals surface area contributed by atoms with E-state index in [-0.39, 0.29) is 0 Å². The topological polar surface area (TPSA) is 0 Å². The van der Waals surface area contributed by atoms with Gasteiger partial charge in [0.15, 0.2) is 0 Å². The van der Waals surface area contributed by atoms with Crippen molar-refractivity contribution in [3.63, 3.8) is 0 Å². The highest BCUT2D eigenvalue weighted by molar-refractivity contribution is 5.34. The van der Waals surface area contributed by atoms with Crippen molar-refractivity contribution in [3.8, 4) is 0 Å². The van der Waals surface area contributed by atoms with Crippen LogP contribution < -0.4 is 0 Å². The van der Waals surface area contributed by atoms with E-state index >= 15 is 0 Å². The molecule has 0 heteroatoms. The lowest BCUT2D eigenvalue weighted by atomic mass is 9.95. The summed E-state index contributed by atoms with van der Waals surface area (Å²) in [5.41, 5.74) is 3.40. The molecule has 0 nitrogen and oxygen atoms in total. The summed E-state index contributed by atoms with van der Waals surface area (Å²) in [5.74, 6) is 0.889. The first-order chi connectivity index (χ1) is 4.88. The fourth-order valence-electron chi connectivity index (χ4n) is 2.09. The predicted molar refractivity (Wildman–Crippen MR) is 43.8 cm³/mol. The van der Waals surface area contributed by atoms with E-state index in [4.69, 9.17) is 0 Å². The molecule has 0 fully saturated rings. The summed E-state index contributed by atoms with van der Waals surface area (Å²) in [6.45, 7) is 2.36. The van der Waals surface area contributed by atoms with Crippen LogP contribution in [0.15, 0.2) is 23.3 Å². The molecule has 2 aliphatic carbocycles. The van der Waals surface area contributed by atoms with Crippen molar-refractivity contribution >= 4 is 0 Å². The van der Waals surface area contributed by atoms with E-state index in [0.29, 0.717) is 0 Å². The van der Waals surface area contributed by atoms with E-state index in [9.17, 15) is 0 Å². The number of rotatable bonds is 0. The van der Waals surface area contributed by atoms with E-state index in [0.717, 1.165) is 5.92 Å². The van der Waals surface area contributed by atoms with Gasteiger partial charge in [-0.1, -0.05) is 24.6 Å². The summed E-state index contributed by atoms with van der Waals surface area (Å²) in [6, 6.07) is 0. The minimum absolute atomic E-state index is 0.889. The highest BCUT2D eigenvalue weighted by Crippen LogP contribution is 2.37. The van der Waals surface area contributed by atoms with Gasteiger partial charge in [-0.05, 0) is 37.2 Å². The summed E-state index contributed by atoms with van der Waals surface area (Å²) in [6.07, 6.45) is 10.0. The molecule has 0 aromatic rings. The van der Waals surface area contributed by atoms with Crippen molar-refractivity contribution in [1.29, 1.82) is 0 Å². The van der Waals surface area contributed by atoms with Crippen molar-refractivity contribution in [2.45, 2.75) is 32.6 Å². The fraction of sp³-hybridized carbons (Fsp3) is 0.600. The van der Waals surface area contributed by atoms with Crippen LogP contribution >= 0.6 is 0 Å². The Kier molecular flexibility index (Phi) is 1.40. The SMILES string of the molecule is C[C@@H]1CCC2=C1CCC=C2. The molecule has 0 radical (unpaired) electrons. The highest BCUT2D eigenvalue weighted by Gasteiger charge is 2.20. The summed E-state index contributed by atoms with van der Waals surface area (Å²) in [7, 11) is 0. The second-order valence-electron chi connectivity index (χ2n) is 3.43. The van der Waals surface area contributed by atoms with Crippen molar-refractivity contribution in [3.05, 3.63) is 23.3 Å². The molecule has 0 spiro atoms. The van der Waals surface area contributed by atoms with Gasteiger partial charge in [0.2, 0.25) is 0 Å². The van der Waals surface area contributed by atoms with Gasteiger partial charge in [-0.2, -0.15) is 0 Å². The van der Waals surface area contributed by atoms with Gasteiger partial charge in [-0.25, -0.2) is 0 Å². The Balaban J connectivity index is 2.29. The van der Waals surface area contributed by atoms with Crippen molar-refractivity contribution < 1.29 is 0 Å². The van der Waals surface area contributed by atoms with E-state index in [2.05, 4.69) is 19.1 Å². The van der Waals surface area contributed by atoms with Crippen LogP contribution in [0.4, 0.5) is 0 Å². The van der Waals surface area contributed by atoms with Gasteiger partial charge in [-0.3, -0.25) is 0 Å². The summed E-state index contributed by atoms with van der Waals surface area (Å²) >= 11 is 0. The molecule has 0 heterocycles. The fourth-order valence-corrected chi connectivity index (χ4v) is 2.09. The van der Waals surface area contributed by atoms with Gasteiger partial charge in [0.25, 0.3) is 0 Å². The van der Waals surface area contributed by atoms with E-state index in [1.165, 1.54) is 25.7 Å². The summed E-state index contributed by atoms with van der Waals surface area (Å²) in [5, 5.41) is 0. The molecular formula is C10H14. The summed E-state index contributed by atoms with van der Waals surface area (Å²) < 4.78 is 0. The molecule has 0 aromatic heterocycles. The van der Waals surface area contributed by atoms with Crippen LogP contribution in [0, 0.1) is 5.92 Å². The molecule has 0 saturated heterocycles. The Morgan fingerprint density at radius 1 is 1.40 bits per heavy atom. The largest absolute Gasteiger partial charge is 0.0839 e. The van der Waals surface area contributed by atoms with E-state index < -0.39 is 0 Å². The zero-order valence-electron chi connectivity index (χ0n) is 6.56. The van der Waals surface area contributed by atoms with Crippen LogP contribution in [0.3, 0.4) is 0 Å². The maximum absolute atomic E-state index is 2.36. The van der Waals surface area contributed by atoms with Gasteiger partial charge in [0, 0.05) is 0 Å². The molecule has 0 aliphatic heterocycles. The standard InChI is InChI=1S/C10H14/c1-8-6-7-9-4-2-3-5-10(8)9/h2,4,8H,3,5-7H2,1H3/t8-/m1/s1. The van der Waals surface area contributed by atoms with Crippen LogP contribution in [-0.4, -0.2) is 0 Å². The second-order valence-corrected chi connectivity index (χ2v) is 3.43. The predicted octanol–water partition coefficient (Wildman–Crippen LogP) is 3.06. The highest BCUT2D eigenvalue weighted by atomic mass is 14.3. The molecule has 0 saturated carbocycles. The zero-order chi connectivity index (χ0) is 6.97. The second kappa shape index (κ2) is 2.26. The third kappa shape index (κ3) is 0.828. The first-order valence-electron chi connectivity index (χ1n) is 4.26. The lowest BCUT2D eigenvalue weighted by molar-refractivity contribution is 0.645. The number of hydrogen-bond acceptors (Lipinski definition) is 0. The molecule has 0 aromatic carbocycles. The van der Waals surface area contributed by atoms with E-state index in [1.54, 1.807) is 11.1 Å². The van der Waals surface area contributed by atoms with Crippen LogP contribution in [0.25, 0.3) is 0 Å². The molecule has 0 bridgehead atoms. The first kappa shape index (κ1) is 6.21. The minimum atomic E-state index is 0.889. The van der Waals surface area contributed by atoms with E-state index in [1.807, 2.05) is 0 Å². The molecule has 54 valence electrons. The number of hydrogen-bond donors (Lipinski definition) is 0. The molecule has 2 rings (SSSR count). The lowest BCUT2D eigenvalue weighted by Gasteiger charge is -2.11. The van der Waals surface area contributed by atoms with Gasteiger partial charge >= 0.3 is 0 Å². The van der Waals surface area contributed by atoms with Crippen LogP contribution in [0.1, 0.15) is 32.6 Å². The number of allylic oxidation sites excluding steroid dienone is 4. The quantitative estimate of drug-likeness (QED) is 0.477. The molecule has 1 atom stereocenters. The monoisotopic (exact) mass is 134 g/mol. The van der Waals surface area contributed by atoms with Gasteiger partial charge < -0.3 is 0 Å². The Bertz CT molecular complexity index is 196. The van der Waals surface area contributed by atoms with Gasteiger partial charge in [0.05, 0.1) is 0 Å². The molecule has 10 heavy (non-hydrogen) atoms. The van der Waals surface area contributed by atoms with Gasteiger partial charge in [0.1, 0.15) is 0 Å². The minimum Gasteiger partial charge on any atom is -0.0839 e. The summed E-state index contributed by atoms with van der Waals surface area (Å²) in [4.78, 5) is 0. The lowest BCUT2D eigenvalue weighted by Crippen LogP contribution is -1.95. The average Bonchev–Trinajstić information content (AvgIpc) is 2.34. The third-order valence-electron chi connectivity index (χ3n) is 2.75. The molecule has 0 unspecified atom stereocenters. The Labute approximate surface area is 62.6 Å². The van der Waals surface area contributed by atoms with Crippen molar-refractivity contribution in [1.82, 2.24) is 0 Å². The normalized spacial score (nSPS) is 31.1. The Morgan fingerprint density at radius 2 is 2.30 bits per heavy atom. The molecular weight excluding hydrogens is 120 g/mol. The third-order valence-corrected chi connectivity index (χ3v) is 2.75. The Morgan fingerprint density at radius 3 is 3.10 bits per heavy atom. The van der Waals surface area contributed by atoms with Gasteiger partial charge in [-0.15, -0.1) is 0 Å². The molecule has 0 N–H and O–H groups in total. The van der Waals surface area contributed by atoms with Crippen molar-refractivity contribution in [2.75, 3.05) is 0 Å². The van der Waals surface area contributed by atoms with Crippen LogP contribution in [-0.2, 0) is 0 Å². The zero-order valence-corrected chi connectivity index (χ0v) is 6.56. The maximum Gasteiger partial charge on any atom is -0.0223 e. The maximum atomic E-state index is 2.36. The Hall–Kier alpha value is -0.520. The first-order valence-corrected chi connectivity index (χ1v) is 4.26. The average molecular weight is 134 g/mol.